The van der Waals surface area contributed by atoms with Gasteiger partial charge in [0.15, 0.2) is 9.84 Å². The van der Waals surface area contributed by atoms with Crippen molar-refractivity contribution >= 4 is 15.9 Å². The van der Waals surface area contributed by atoms with Crippen LogP contribution in [0.15, 0.2) is 0 Å². The number of carbonyl (C=O) groups is 1. The molecule has 2 N–H and O–H groups in total. The Bertz CT molecular complexity index is 498. The molecular formula is C15H28N2O4S. The summed E-state index contributed by atoms with van der Waals surface area (Å²) >= 11 is 0. The molecule has 2 aliphatic rings. The van der Waals surface area contributed by atoms with Crippen LogP contribution in [-0.4, -0.2) is 49.7 Å². The molecule has 1 aliphatic carbocycles. The van der Waals surface area contributed by atoms with Gasteiger partial charge in [0.1, 0.15) is 5.60 Å². The SMILES string of the molecule is CC(C)(C)OC(=O)NC1CCC(NCC2CCCS2(=O)=O)C1. The Morgan fingerprint density at radius 3 is 2.45 bits per heavy atom. The molecule has 1 amide bonds. The lowest BCUT2D eigenvalue weighted by Gasteiger charge is -2.22. The first-order chi connectivity index (χ1) is 10.2. The van der Waals surface area contributed by atoms with Crippen molar-refractivity contribution in [2.24, 2.45) is 0 Å². The second-order valence-corrected chi connectivity index (χ2v) is 9.79. The minimum absolute atomic E-state index is 0.104. The highest BCUT2D eigenvalue weighted by molar-refractivity contribution is 7.92. The number of nitrogens with one attached hydrogen (secondary N) is 2. The fourth-order valence-corrected chi connectivity index (χ4v) is 4.94. The first-order valence-corrected chi connectivity index (χ1v) is 9.82. The predicted octanol–water partition coefficient (Wildman–Crippen LogP) is 1.60. The van der Waals surface area contributed by atoms with Gasteiger partial charge in [-0.25, -0.2) is 13.2 Å². The van der Waals surface area contributed by atoms with Crippen molar-refractivity contribution in [3.8, 4) is 0 Å². The molecule has 0 bridgehead atoms. The molecule has 3 atom stereocenters. The zero-order valence-electron chi connectivity index (χ0n) is 13.7. The van der Waals surface area contributed by atoms with E-state index < -0.39 is 15.4 Å². The molecule has 0 spiro atoms. The number of hydrogen-bond acceptors (Lipinski definition) is 5. The van der Waals surface area contributed by atoms with Crippen LogP contribution >= 0.6 is 0 Å². The fourth-order valence-electron chi connectivity index (χ4n) is 3.16. The molecule has 3 unspecified atom stereocenters. The lowest BCUT2D eigenvalue weighted by molar-refractivity contribution is 0.0505. The van der Waals surface area contributed by atoms with Gasteiger partial charge in [-0.2, -0.15) is 0 Å². The average molecular weight is 332 g/mol. The second-order valence-electron chi connectivity index (χ2n) is 7.39. The van der Waals surface area contributed by atoms with Crippen molar-refractivity contribution in [1.29, 1.82) is 0 Å². The van der Waals surface area contributed by atoms with Crippen LogP contribution in [0.3, 0.4) is 0 Å². The summed E-state index contributed by atoms with van der Waals surface area (Å²) in [4.78, 5) is 11.7. The first kappa shape index (κ1) is 17.5. The van der Waals surface area contributed by atoms with Gasteiger partial charge in [-0.1, -0.05) is 0 Å². The van der Waals surface area contributed by atoms with Gasteiger partial charge in [0.05, 0.1) is 11.0 Å². The highest BCUT2D eigenvalue weighted by atomic mass is 32.2. The van der Waals surface area contributed by atoms with E-state index in [9.17, 15) is 13.2 Å². The minimum Gasteiger partial charge on any atom is -0.444 e. The van der Waals surface area contributed by atoms with Gasteiger partial charge in [0.2, 0.25) is 0 Å². The van der Waals surface area contributed by atoms with Gasteiger partial charge >= 0.3 is 6.09 Å². The molecule has 1 aliphatic heterocycles. The third-order valence-electron chi connectivity index (χ3n) is 4.25. The molecule has 1 heterocycles. The molecule has 22 heavy (non-hydrogen) atoms. The van der Waals surface area contributed by atoms with Crippen LogP contribution in [0.5, 0.6) is 0 Å². The number of sulfone groups is 1. The molecule has 128 valence electrons. The molecule has 0 radical (unpaired) electrons. The summed E-state index contributed by atoms with van der Waals surface area (Å²) in [6, 6.07) is 0.378. The number of hydrogen-bond donors (Lipinski definition) is 2. The first-order valence-electron chi connectivity index (χ1n) is 8.10. The topological polar surface area (TPSA) is 84.5 Å². The van der Waals surface area contributed by atoms with E-state index in [0.29, 0.717) is 12.3 Å². The second kappa shape index (κ2) is 6.74. The zero-order chi connectivity index (χ0) is 16.4. The molecule has 1 saturated carbocycles. The normalized spacial score (nSPS) is 31.1. The van der Waals surface area contributed by atoms with Crippen molar-refractivity contribution in [1.82, 2.24) is 10.6 Å². The summed E-state index contributed by atoms with van der Waals surface area (Å²) in [7, 11) is -2.88. The summed E-state index contributed by atoms with van der Waals surface area (Å²) in [5.74, 6) is 0.326. The zero-order valence-corrected chi connectivity index (χ0v) is 14.5. The predicted molar refractivity (Wildman–Crippen MR) is 85.6 cm³/mol. The van der Waals surface area contributed by atoms with Crippen LogP contribution in [0.1, 0.15) is 52.9 Å². The van der Waals surface area contributed by atoms with Crippen molar-refractivity contribution in [2.75, 3.05) is 12.3 Å². The Balaban J connectivity index is 1.71. The highest BCUT2D eigenvalue weighted by Crippen LogP contribution is 2.22. The van der Waals surface area contributed by atoms with Crippen LogP contribution < -0.4 is 10.6 Å². The van der Waals surface area contributed by atoms with Crippen molar-refractivity contribution < 1.29 is 17.9 Å². The van der Waals surface area contributed by atoms with E-state index in [4.69, 9.17) is 4.74 Å². The van der Waals surface area contributed by atoms with Gasteiger partial charge in [0.25, 0.3) is 0 Å². The lowest BCUT2D eigenvalue weighted by atomic mass is 10.2. The summed E-state index contributed by atoms with van der Waals surface area (Å²) in [5.41, 5.74) is -0.489. The molecule has 2 rings (SSSR count). The van der Waals surface area contributed by atoms with Gasteiger partial charge in [-0.15, -0.1) is 0 Å². The van der Waals surface area contributed by atoms with Crippen molar-refractivity contribution in [2.45, 2.75) is 75.8 Å². The fraction of sp³-hybridized carbons (Fsp3) is 0.933. The molecule has 0 aromatic rings. The quantitative estimate of drug-likeness (QED) is 0.817. The van der Waals surface area contributed by atoms with E-state index in [0.717, 1.165) is 32.1 Å². The van der Waals surface area contributed by atoms with Crippen LogP contribution in [-0.2, 0) is 14.6 Å². The Morgan fingerprint density at radius 2 is 1.86 bits per heavy atom. The van der Waals surface area contributed by atoms with Crippen LogP contribution in [0.4, 0.5) is 4.79 Å². The van der Waals surface area contributed by atoms with E-state index in [1.165, 1.54) is 0 Å². The van der Waals surface area contributed by atoms with Crippen LogP contribution in [0, 0.1) is 0 Å². The maximum Gasteiger partial charge on any atom is 0.407 e. The Kier molecular flexibility index (Phi) is 5.37. The van der Waals surface area contributed by atoms with Gasteiger partial charge in [-0.05, 0) is 52.9 Å². The van der Waals surface area contributed by atoms with Crippen LogP contribution in [0.2, 0.25) is 0 Å². The Hall–Kier alpha value is -0.820. The average Bonchev–Trinajstić information content (AvgIpc) is 2.90. The minimum atomic E-state index is -2.88. The summed E-state index contributed by atoms with van der Waals surface area (Å²) in [6.07, 6.45) is 3.84. The summed E-state index contributed by atoms with van der Waals surface area (Å²) in [5, 5.41) is 6.02. The number of amides is 1. The summed E-state index contributed by atoms with van der Waals surface area (Å²) < 4.78 is 28.8. The smallest absolute Gasteiger partial charge is 0.407 e. The number of carbonyl (C=O) groups excluding carboxylic acids is 1. The maximum absolute atomic E-state index is 11.8. The number of ether oxygens (including phenoxy) is 1. The molecule has 7 heteroatoms. The standard InChI is InChI=1S/C15H28N2O4S/c1-15(2,3)21-14(18)17-12-7-6-11(9-12)16-10-13-5-4-8-22(13,19)20/h11-13,16H,4-10H2,1-3H3,(H,17,18). The van der Waals surface area contributed by atoms with E-state index >= 15 is 0 Å². The van der Waals surface area contributed by atoms with E-state index in [2.05, 4.69) is 10.6 Å². The third-order valence-corrected chi connectivity index (χ3v) is 6.53. The van der Waals surface area contributed by atoms with E-state index in [1.54, 1.807) is 0 Å². The maximum atomic E-state index is 11.8. The Morgan fingerprint density at radius 1 is 1.18 bits per heavy atom. The van der Waals surface area contributed by atoms with Gasteiger partial charge in [-0.3, -0.25) is 0 Å². The Labute approximate surface area is 133 Å². The monoisotopic (exact) mass is 332 g/mol. The molecule has 2 fully saturated rings. The van der Waals surface area contributed by atoms with E-state index in [-0.39, 0.29) is 23.4 Å². The number of rotatable bonds is 4. The number of alkyl carbamates (subject to hydrolysis) is 1. The molecule has 1 saturated heterocycles. The largest absolute Gasteiger partial charge is 0.444 e. The van der Waals surface area contributed by atoms with Gasteiger partial charge in [0, 0.05) is 18.6 Å². The van der Waals surface area contributed by atoms with E-state index in [1.807, 2.05) is 20.8 Å². The molecule has 0 aromatic carbocycles. The molecular weight excluding hydrogens is 304 g/mol. The van der Waals surface area contributed by atoms with Crippen molar-refractivity contribution in [3.63, 3.8) is 0 Å². The molecule has 0 aromatic heterocycles. The van der Waals surface area contributed by atoms with Crippen molar-refractivity contribution in [3.05, 3.63) is 0 Å². The summed E-state index contributed by atoms with van der Waals surface area (Å²) in [6.45, 7) is 6.06. The van der Waals surface area contributed by atoms with Crippen LogP contribution in [0.25, 0.3) is 0 Å². The highest BCUT2D eigenvalue weighted by Gasteiger charge is 2.33. The van der Waals surface area contributed by atoms with Gasteiger partial charge < -0.3 is 15.4 Å². The molecule has 6 nitrogen and oxygen atoms in total. The third kappa shape index (κ3) is 5.12. The lowest BCUT2D eigenvalue weighted by Crippen LogP contribution is -2.40.